The lowest BCUT2D eigenvalue weighted by Gasteiger charge is -2.34. The molecule has 1 aliphatic heterocycles. The van der Waals surface area contributed by atoms with Gasteiger partial charge in [0.05, 0.1) is 22.8 Å². The smallest absolute Gasteiger partial charge is 0.409 e. The monoisotopic (exact) mass is 445 g/mol. The van der Waals surface area contributed by atoms with E-state index in [0.29, 0.717) is 44.0 Å². The van der Waals surface area contributed by atoms with E-state index in [0.717, 1.165) is 9.87 Å². The summed E-state index contributed by atoms with van der Waals surface area (Å²) in [6.45, 7) is 5.36. The van der Waals surface area contributed by atoms with Crippen LogP contribution in [0.1, 0.15) is 22.8 Å². The first-order chi connectivity index (χ1) is 14.8. The maximum absolute atomic E-state index is 13.2. The minimum Gasteiger partial charge on any atom is -0.450 e. The molecule has 9 heteroatoms. The lowest BCUT2D eigenvalue weighted by molar-refractivity contribution is 0.0571. The number of carbonyl (C=O) groups excluding carboxylic acids is 2. The zero-order chi connectivity index (χ0) is 22.6. The highest BCUT2D eigenvalue weighted by atomic mass is 32.2. The van der Waals surface area contributed by atoms with Crippen molar-refractivity contribution in [1.82, 2.24) is 9.80 Å². The lowest BCUT2D eigenvalue weighted by Crippen LogP contribution is -2.51. The molecule has 0 bridgehead atoms. The Kier molecular flexibility index (Phi) is 6.84. The fourth-order valence-corrected chi connectivity index (χ4v) is 4.62. The molecule has 2 aromatic carbocycles. The summed E-state index contributed by atoms with van der Waals surface area (Å²) in [5.41, 5.74) is 1.56. The van der Waals surface area contributed by atoms with Gasteiger partial charge >= 0.3 is 6.09 Å². The zero-order valence-corrected chi connectivity index (χ0v) is 18.8. The van der Waals surface area contributed by atoms with Crippen LogP contribution in [-0.4, -0.2) is 70.1 Å². The van der Waals surface area contributed by atoms with Gasteiger partial charge in [0.25, 0.3) is 15.9 Å². The quantitative estimate of drug-likeness (QED) is 0.706. The van der Waals surface area contributed by atoms with Crippen molar-refractivity contribution in [2.24, 2.45) is 0 Å². The Balaban J connectivity index is 1.81. The van der Waals surface area contributed by atoms with Crippen LogP contribution in [0.2, 0.25) is 0 Å². The molecule has 1 saturated heterocycles. The summed E-state index contributed by atoms with van der Waals surface area (Å²) in [7, 11) is -2.38. The number of hydrogen-bond acceptors (Lipinski definition) is 5. The standard InChI is InChI=1S/C22H27N3O5S/c1-4-30-22(27)25-15-13-24(14-16-25)21(26)19-7-5-6-8-20(19)23(3)31(28,29)18-11-9-17(2)10-12-18/h5-12H,4,13-16H2,1-3H3. The Bertz CT molecular complexity index is 1050. The van der Waals surface area contributed by atoms with Crippen LogP contribution in [0.5, 0.6) is 0 Å². The van der Waals surface area contributed by atoms with Crippen LogP contribution in [0.25, 0.3) is 0 Å². The molecule has 0 aromatic heterocycles. The van der Waals surface area contributed by atoms with E-state index in [1.807, 2.05) is 6.92 Å². The van der Waals surface area contributed by atoms with Crippen molar-refractivity contribution in [2.75, 3.05) is 44.1 Å². The van der Waals surface area contributed by atoms with Gasteiger partial charge < -0.3 is 14.5 Å². The van der Waals surface area contributed by atoms with E-state index in [2.05, 4.69) is 0 Å². The van der Waals surface area contributed by atoms with Crippen LogP contribution in [0, 0.1) is 6.92 Å². The molecule has 1 heterocycles. The number of para-hydroxylation sites is 1. The molecule has 2 amide bonds. The summed E-state index contributed by atoms with van der Waals surface area (Å²) in [5, 5.41) is 0. The summed E-state index contributed by atoms with van der Waals surface area (Å²) < 4.78 is 32.4. The third-order valence-corrected chi connectivity index (χ3v) is 7.03. The number of anilines is 1. The van der Waals surface area contributed by atoms with Crippen molar-refractivity contribution in [2.45, 2.75) is 18.7 Å². The molecule has 2 aromatic rings. The first kappa shape index (κ1) is 22.6. The molecule has 8 nitrogen and oxygen atoms in total. The molecule has 0 atom stereocenters. The number of rotatable bonds is 5. The molecule has 0 spiro atoms. The lowest BCUT2D eigenvalue weighted by atomic mass is 10.1. The number of hydrogen-bond donors (Lipinski definition) is 0. The summed E-state index contributed by atoms with van der Waals surface area (Å²) in [4.78, 5) is 28.4. The van der Waals surface area contributed by atoms with E-state index >= 15 is 0 Å². The van der Waals surface area contributed by atoms with Crippen molar-refractivity contribution in [1.29, 1.82) is 0 Å². The summed E-state index contributed by atoms with van der Waals surface area (Å²) in [6, 6.07) is 13.2. The highest BCUT2D eigenvalue weighted by Gasteiger charge is 2.29. The van der Waals surface area contributed by atoms with Gasteiger partial charge in [-0.2, -0.15) is 0 Å². The second-order valence-corrected chi connectivity index (χ2v) is 9.25. The van der Waals surface area contributed by atoms with Crippen molar-refractivity contribution in [3.05, 3.63) is 59.7 Å². The second-order valence-electron chi connectivity index (χ2n) is 7.28. The number of benzene rings is 2. The molecule has 0 N–H and O–H groups in total. The number of amides is 2. The minimum absolute atomic E-state index is 0.158. The molecule has 1 aliphatic rings. The van der Waals surface area contributed by atoms with Gasteiger partial charge in [0.1, 0.15) is 0 Å². The van der Waals surface area contributed by atoms with Crippen LogP contribution in [0.4, 0.5) is 10.5 Å². The fourth-order valence-electron chi connectivity index (χ4n) is 3.40. The summed E-state index contributed by atoms with van der Waals surface area (Å²) in [6.07, 6.45) is -0.390. The number of sulfonamides is 1. The maximum Gasteiger partial charge on any atom is 0.409 e. The molecule has 0 unspecified atom stereocenters. The van der Waals surface area contributed by atoms with Crippen molar-refractivity contribution < 1.29 is 22.7 Å². The van der Waals surface area contributed by atoms with Gasteiger partial charge in [0.2, 0.25) is 0 Å². The molecule has 0 radical (unpaired) electrons. The van der Waals surface area contributed by atoms with Crippen LogP contribution in [-0.2, 0) is 14.8 Å². The molecule has 0 saturated carbocycles. The second kappa shape index (κ2) is 9.38. The Morgan fingerprint density at radius 3 is 2.16 bits per heavy atom. The van der Waals surface area contributed by atoms with E-state index < -0.39 is 10.0 Å². The number of carbonyl (C=O) groups is 2. The van der Waals surface area contributed by atoms with Crippen molar-refractivity contribution in [3.8, 4) is 0 Å². The highest BCUT2D eigenvalue weighted by molar-refractivity contribution is 7.92. The van der Waals surface area contributed by atoms with Gasteiger partial charge in [-0.3, -0.25) is 9.10 Å². The van der Waals surface area contributed by atoms with Crippen LogP contribution in [0.3, 0.4) is 0 Å². The van der Waals surface area contributed by atoms with Gasteiger partial charge in [-0.25, -0.2) is 13.2 Å². The molecule has 31 heavy (non-hydrogen) atoms. The molecule has 166 valence electrons. The Morgan fingerprint density at radius 2 is 1.55 bits per heavy atom. The van der Waals surface area contributed by atoms with E-state index in [9.17, 15) is 18.0 Å². The van der Waals surface area contributed by atoms with Crippen LogP contribution in [0.15, 0.2) is 53.4 Å². The van der Waals surface area contributed by atoms with Gasteiger partial charge in [0, 0.05) is 33.2 Å². The number of ether oxygens (including phenoxy) is 1. The summed E-state index contributed by atoms with van der Waals surface area (Å²) in [5.74, 6) is -0.273. The van der Waals surface area contributed by atoms with Crippen LogP contribution < -0.4 is 4.31 Å². The SMILES string of the molecule is CCOC(=O)N1CCN(C(=O)c2ccccc2N(C)S(=O)(=O)c2ccc(C)cc2)CC1. The predicted octanol–water partition coefficient (Wildman–Crippen LogP) is 2.73. The third-order valence-electron chi connectivity index (χ3n) is 5.25. The zero-order valence-electron chi connectivity index (χ0n) is 17.9. The highest BCUT2D eigenvalue weighted by Crippen LogP contribution is 2.27. The Morgan fingerprint density at radius 1 is 0.968 bits per heavy atom. The predicted molar refractivity (Wildman–Crippen MR) is 118 cm³/mol. The average Bonchev–Trinajstić information content (AvgIpc) is 2.78. The average molecular weight is 446 g/mol. The van der Waals surface area contributed by atoms with Gasteiger partial charge in [-0.05, 0) is 38.1 Å². The first-order valence-corrected chi connectivity index (χ1v) is 11.5. The topological polar surface area (TPSA) is 87.2 Å². The number of piperazine rings is 1. The van der Waals surface area contributed by atoms with Gasteiger partial charge in [-0.15, -0.1) is 0 Å². The Labute approximate surface area is 183 Å². The maximum atomic E-state index is 13.2. The van der Waals surface area contributed by atoms with Gasteiger partial charge in [0.15, 0.2) is 0 Å². The van der Waals surface area contributed by atoms with Crippen molar-refractivity contribution >= 4 is 27.7 Å². The molecular weight excluding hydrogens is 418 g/mol. The minimum atomic E-state index is -3.83. The number of nitrogens with zero attached hydrogens (tertiary/aromatic N) is 3. The molecule has 3 rings (SSSR count). The first-order valence-electron chi connectivity index (χ1n) is 10.1. The third kappa shape index (κ3) is 4.82. The molecule has 0 aliphatic carbocycles. The fraction of sp³-hybridized carbons (Fsp3) is 0.364. The molecular formula is C22H27N3O5S. The molecule has 1 fully saturated rings. The van der Waals surface area contributed by atoms with Crippen molar-refractivity contribution in [3.63, 3.8) is 0 Å². The normalized spacial score (nSPS) is 14.3. The Hall–Kier alpha value is -3.07. The number of aryl methyl sites for hydroxylation is 1. The van der Waals surface area contributed by atoms with Gasteiger partial charge in [-0.1, -0.05) is 29.8 Å². The largest absolute Gasteiger partial charge is 0.450 e. The summed E-state index contributed by atoms with van der Waals surface area (Å²) >= 11 is 0. The van der Waals surface area contributed by atoms with E-state index in [1.165, 1.54) is 7.05 Å². The van der Waals surface area contributed by atoms with E-state index in [1.54, 1.807) is 65.3 Å². The van der Waals surface area contributed by atoms with E-state index in [-0.39, 0.29) is 16.9 Å². The van der Waals surface area contributed by atoms with E-state index in [4.69, 9.17) is 4.74 Å². The van der Waals surface area contributed by atoms with Crippen LogP contribution >= 0.6 is 0 Å².